The van der Waals surface area contributed by atoms with Gasteiger partial charge in [-0.05, 0) is 37.1 Å². The Labute approximate surface area is 86.3 Å². The number of benzene rings is 1. The molecule has 1 heterocycles. The van der Waals surface area contributed by atoms with E-state index in [1.54, 1.807) is 12.1 Å². The summed E-state index contributed by atoms with van der Waals surface area (Å²) in [6, 6.07) is 5.65. The van der Waals surface area contributed by atoms with Crippen LogP contribution in [0.1, 0.15) is 30.0 Å². The SMILES string of the molecule is FC(F)(F)c1ccc([C@@H]2CCCN2)cc1. The maximum Gasteiger partial charge on any atom is 0.416 e. The van der Waals surface area contributed by atoms with Crippen LogP contribution in [0.2, 0.25) is 0 Å². The molecule has 0 radical (unpaired) electrons. The van der Waals surface area contributed by atoms with Crippen LogP contribution in [-0.2, 0) is 6.18 Å². The molecule has 0 bridgehead atoms. The minimum atomic E-state index is -4.23. The maximum absolute atomic E-state index is 12.3. The van der Waals surface area contributed by atoms with E-state index in [0.717, 1.165) is 37.1 Å². The molecule has 0 aromatic heterocycles. The molecule has 1 nitrogen and oxygen atoms in total. The Morgan fingerprint density at radius 3 is 2.27 bits per heavy atom. The Morgan fingerprint density at radius 2 is 1.80 bits per heavy atom. The van der Waals surface area contributed by atoms with Crippen molar-refractivity contribution in [2.75, 3.05) is 6.54 Å². The third-order valence-electron chi connectivity index (χ3n) is 2.70. The van der Waals surface area contributed by atoms with Gasteiger partial charge in [0, 0.05) is 6.04 Å². The van der Waals surface area contributed by atoms with Gasteiger partial charge >= 0.3 is 6.18 Å². The Hall–Kier alpha value is -1.03. The molecule has 1 aromatic rings. The summed E-state index contributed by atoms with van der Waals surface area (Å²) in [5.41, 5.74) is 0.366. The number of hydrogen-bond donors (Lipinski definition) is 1. The summed E-state index contributed by atoms with van der Waals surface area (Å²) in [6.07, 6.45) is -2.14. The number of alkyl halides is 3. The zero-order valence-corrected chi connectivity index (χ0v) is 8.14. The number of hydrogen-bond acceptors (Lipinski definition) is 1. The zero-order chi connectivity index (χ0) is 10.9. The van der Waals surface area contributed by atoms with Crippen LogP contribution in [0.3, 0.4) is 0 Å². The van der Waals surface area contributed by atoms with Crippen LogP contribution in [0.25, 0.3) is 0 Å². The second kappa shape index (κ2) is 3.85. The highest BCUT2D eigenvalue weighted by molar-refractivity contribution is 5.27. The van der Waals surface area contributed by atoms with Gasteiger partial charge in [-0.15, -0.1) is 0 Å². The predicted molar refractivity (Wildman–Crippen MR) is 51.4 cm³/mol. The van der Waals surface area contributed by atoms with Crippen LogP contribution in [0.5, 0.6) is 0 Å². The molecule has 0 amide bonds. The predicted octanol–water partition coefficient (Wildman–Crippen LogP) is 3.13. The highest BCUT2D eigenvalue weighted by atomic mass is 19.4. The molecule has 0 spiro atoms. The third kappa shape index (κ3) is 2.31. The molecule has 0 unspecified atom stereocenters. The molecule has 1 saturated heterocycles. The van der Waals surface area contributed by atoms with E-state index in [1.807, 2.05) is 0 Å². The van der Waals surface area contributed by atoms with Crippen LogP contribution in [0.4, 0.5) is 13.2 Å². The average Bonchev–Trinajstić information content (AvgIpc) is 2.69. The third-order valence-corrected chi connectivity index (χ3v) is 2.70. The molecule has 2 rings (SSSR count). The lowest BCUT2D eigenvalue weighted by Crippen LogP contribution is -2.13. The molecule has 1 fully saturated rings. The van der Waals surface area contributed by atoms with Crippen molar-refractivity contribution < 1.29 is 13.2 Å². The van der Waals surface area contributed by atoms with E-state index in [-0.39, 0.29) is 6.04 Å². The van der Waals surface area contributed by atoms with Crippen molar-refractivity contribution in [3.8, 4) is 0 Å². The fraction of sp³-hybridized carbons (Fsp3) is 0.455. The fourth-order valence-corrected chi connectivity index (χ4v) is 1.87. The van der Waals surface area contributed by atoms with Gasteiger partial charge in [0.15, 0.2) is 0 Å². The monoisotopic (exact) mass is 215 g/mol. The summed E-state index contributed by atoms with van der Waals surface area (Å²) in [5, 5.41) is 3.25. The normalized spacial score (nSPS) is 21.9. The molecule has 4 heteroatoms. The van der Waals surface area contributed by atoms with Crippen LogP contribution in [0, 0.1) is 0 Å². The molecule has 1 aromatic carbocycles. The van der Waals surface area contributed by atoms with E-state index in [0.29, 0.717) is 0 Å². The van der Waals surface area contributed by atoms with E-state index < -0.39 is 11.7 Å². The molecule has 0 saturated carbocycles. The second-order valence-electron chi connectivity index (χ2n) is 3.77. The quantitative estimate of drug-likeness (QED) is 0.758. The number of halogens is 3. The van der Waals surface area contributed by atoms with Gasteiger partial charge in [0.2, 0.25) is 0 Å². The average molecular weight is 215 g/mol. The fourth-order valence-electron chi connectivity index (χ4n) is 1.87. The van der Waals surface area contributed by atoms with E-state index in [9.17, 15) is 13.2 Å². The lowest BCUT2D eigenvalue weighted by molar-refractivity contribution is -0.137. The summed E-state index contributed by atoms with van der Waals surface area (Å²) in [5.74, 6) is 0. The van der Waals surface area contributed by atoms with Crippen molar-refractivity contribution in [1.82, 2.24) is 5.32 Å². The van der Waals surface area contributed by atoms with Crippen LogP contribution >= 0.6 is 0 Å². The standard InChI is InChI=1S/C11H12F3N/c12-11(13,14)9-5-3-8(4-6-9)10-2-1-7-15-10/h3-6,10,15H,1-2,7H2/t10-/m0/s1. The van der Waals surface area contributed by atoms with Crippen LogP contribution in [0.15, 0.2) is 24.3 Å². The molecule has 1 atom stereocenters. The highest BCUT2D eigenvalue weighted by Gasteiger charge is 2.30. The summed E-state index contributed by atoms with van der Waals surface area (Å²) < 4.78 is 36.8. The van der Waals surface area contributed by atoms with Gasteiger partial charge in [0.05, 0.1) is 5.56 Å². The lowest BCUT2D eigenvalue weighted by Gasteiger charge is -2.12. The van der Waals surface area contributed by atoms with Crippen molar-refractivity contribution in [2.45, 2.75) is 25.1 Å². The second-order valence-corrected chi connectivity index (χ2v) is 3.77. The van der Waals surface area contributed by atoms with Crippen molar-refractivity contribution >= 4 is 0 Å². The Bertz CT molecular complexity index is 323. The molecule has 0 aliphatic carbocycles. The molecular weight excluding hydrogens is 203 g/mol. The minimum absolute atomic E-state index is 0.229. The van der Waals surface area contributed by atoms with E-state index in [1.165, 1.54) is 0 Å². The van der Waals surface area contributed by atoms with Crippen LogP contribution < -0.4 is 5.32 Å². The minimum Gasteiger partial charge on any atom is -0.310 e. The Morgan fingerprint density at radius 1 is 1.13 bits per heavy atom. The van der Waals surface area contributed by atoms with E-state index in [2.05, 4.69) is 5.32 Å². The molecule has 82 valence electrons. The van der Waals surface area contributed by atoms with Gasteiger partial charge in [0.25, 0.3) is 0 Å². The summed E-state index contributed by atoms with van der Waals surface area (Å²) in [4.78, 5) is 0. The van der Waals surface area contributed by atoms with Gasteiger partial charge in [-0.1, -0.05) is 12.1 Å². The van der Waals surface area contributed by atoms with E-state index >= 15 is 0 Å². The van der Waals surface area contributed by atoms with Gasteiger partial charge in [-0.3, -0.25) is 0 Å². The van der Waals surface area contributed by atoms with Crippen LogP contribution in [-0.4, -0.2) is 6.54 Å². The molecule has 15 heavy (non-hydrogen) atoms. The van der Waals surface area contributed by atoms with Gasteiger partial charge in [-0.2, -0.15) is 13.2 Å². The maximum atomic E-state index is 12.3. The smallest absolute Gasteiger partial charge is 0.310 e. The molecular formula is C11H12F3N. The highest BCUT2D eigenvalue weighted by Crippen LogP contribution is 2.31. The van der Waals surface area contributed by atoms with Crippen molar-refractivity contribution in [2.24, 2.45) is 0 Å². The first-order valence-electron chi connectivity index (χ1n) is 4.98. The van der Waals surface area contributed by atoms with Crippen molar-refractivity contribution in [3.05, 3.63) is 35.4 Å². The first-order chi connectivity index (χ1) is 7.07. The van der Waals surface area contributed by atoms with Gasteiger partial charge in [0.1, 0.15) is 0 Å². The van der Waals surface area contributed by atoms with Crippen molar-refractivity contribution in [3.63, 3.8) is 0 Å². The first-order valence-corrected chi connectivity index (χ1v) is 4.98. The summed E-state index contributed by atoms with van der Waals surface area (Å²) in [6.45, 7) is 0.950. The molecule has 1 N–H and O–H groups in total. The summed E-state index contributed by atoms with van der Waals surface area (Å²) in [7, 11) is 0. The summed E-state index contributed by atoms with van der Waals surface area (Å²) >= 11 is 0. The Balaban J connectivity index is 2.16. The zero-order valence-electron chi connectivity index (χ0n) is 8.14. The number of rotatable bonds is 1. The Kier molecular flexibility index (Phi) is 2.69. The van der Waals surface area contributed by atoms with Gasteiger partial charge in [-0.25, -0.2) is 0 Å². The van der Waals surface area contributed by atoms with Crippen molar-refractivity contribution in [1.29, 1.82) is 0 Å². The van der Waals surface area contributed by atoms with E-state index in [4.69, 9.17) is 0 Å². The largest absolute Gasteiger partial charge is 0.416 e. The topological polar surface area (TPSA) is 12.0 Å². The van der Waals surface area contributed by atoms with Gasteiger partial charge < -0.3 is 5.32 Å². The first kappa shape index (κ1) is 10.5. The lowest BCUT2D eigenvalue weighted by atomic mass is 10.0. The molecule has 1 aliphatic rings. The molecule has 1 aliphatic heterocycles. The number of nitrogens with one attached hydrogen (secondary N) is 1.